The molecule has 2 aromatic rings. The lowest BCUT2D eigenvalue weighted by molar-refractivity contribution is 0.587. The van der Waals surface area contributed by atoms with E-state index >= 15 is 0 Å². The molecule has 0 amide bonds. The zero-order valence-electron chi connectivity index (χ0n) is 8.58. The lowest BCUT2D eigenvalue weighted by Gasteiger charge is -2.01. The number of benzene rings is 1. The molecule has 0 unspecified atom stereocenters. The van der Waals surface area contributed by atoms with E-state index < -0.39 is 11.6 Å². The van der Waals surface area contributed by atoms with Gasteiger partial charge in [-0.05, 0) is 18.7 Å². The molecule has 17 heavy (non-hydrogen) atoms. The molecule has 2 rings (SSSR count). The quantitative estimate of drug-likeness (QED) is 0.946. The van der Waals surface area contributed by atoms with Gasteiger partial charge in [-0.3, -0.25) is 0 Å². The zero-order chi connectivity index (χ0) is 12.4. The average Bonchev–Trinajstić information content (AvgIpc) is 2.65. The topological polar surface area (TPSA) is 51.8 Å². The van der Waals surface area contributed by atoms with Crippen LogP contribution in [-0.4, -0.2) is 16.7 Å². The lowest BCUT2D eigenvalue weighted by Crippen LogP contribution is -2.01. The number of nitrogens with zero attached hydrogens (tertiary/aromatic N) is 2. The Labute approximate surface area is 109 Å². The minimum absolute atomic E-state index is 0.144. The summed E-state index contributed by atoms with van der Waals surface area (Å²) in [5, 5.41) is 8.51. The van der Waals surface area contributed by atoms with Crippen molar-refractivity contribution in [2.45, 2.75) is 6.42 Å². The van der Waals surface area contributed by atoms with Crippen molar-refractivity contribution >= 4 is 27.3 Å². The van der Waals surface area contributed by atoms with Gasteiger partial charge in [-0.15, -0.1) is 10.2 Å². The average molecular weight is 320 g/mol. The van der Waals surface area contributed by atoms with Crippen LogP contribution < -0.4 is 5.73 Å². The highest BCUT2D eigenvalue weighted by Crippen LogP contribution is 2.31. The van der Waals surface area contributed by atoms with Gasteiger partial charge in [-0.25, -0.2) is 8.78 Å². The lowest BCUT2D eigenvalue weighted by atomic mass is 10.2. The third-order valence-corrected chi connectivity index (χ3v) is 3.50. The highest BCUT2D eigenvalue weighted by atomic mass is 79.9. The summed E-state index contributed by atoms with van der Waals surface area (Å²) >= 11 is 4.17. The van der Waals surface area contributed by atoms with Gasteiger partial charge in [0.2, 0.25) is 0 Å². The second kappa shape index (κ2) is 5.16. The number of hydrogen-bond donors (Lipinski definition) is 1. The first-order chi connectivity index (χ1) is 8.11. The first-order valence-electron chi connectivity index (χ1n) is 4.79. The Morgan fingerprint density at radius 1 is 1.24 bits per heavy atom. The van der Waals surface area contributed by atoms with Crippen LogP contribution >= 0.6 is 27.3 Å². The predicted octanol–water partition coefficient (Wildman–Crippen LogP) is 2.75. The summed E-state index contributed by atoms with van der Waals surface area (Å²) in [6.07, 6.45) is 0.553. The monoisotopic (exact) mass is 319 g/mol. The van der Waals surface area contributed by atoms with Crippen LogP contribution in [0.2, 0.25) is 0 Å². The van der Waals surface area contributed by atoms with E-state index in [2.05, 4.69) is 26.1 Å². The first kappa shape index (κ1) is 12.5. The molecular formula is C10H8BrF2N3S. The largest absolute Gasteiger partial charge is 0.330 e. The van der Waals surface area contributed by atoms with Crippen LogP contribution in [0.4, 0.5) is 8.78 Å². The van der Waals surface area contributed by atoms with Gasteiger partial charge in [0.15, 0.2) is 5.01 Å². The third kappa shape index (κ3) is 2.67. The zero-order valence-corrected chi connectivity index (χ0v) is 11.0. The molecular weight excluding hydrogens is 312 g/mol. The second-order valence-electron chi connectivity index (χ2n) is 3.28. The van der Waals surface area contributed by atoms with Gasteiger partial charge in [0.05, 0.1) is 5.56 Å². The van der Waals surface area contributed by atoms with Crippen molar-refractivity contribution in [1.29, 1.82) is 0 Å². The van der Waals surface area contributed by atoms with Gasteiger partial charge in [0.1, 0.15) is 16.6 Å². The van der Waals surface area contributed by atoms with Crippen LogP contribution in [-0.2, 0) is 6.42 Å². The molecule has 0 saturated heterocycles. The van der Waals surface area contributed by atoms with E-state index in [1.165, 1.54) is 12.1 Å². The van der Waals surface area contributed by atoms with E-state index in [4.69, 9.17) is 5.73 Å². The van der Waals surface area contributed by atoms with E-state index in [0.29, 0.717) is 22.4 Å². The van der Waals surface area contributed by atoms with Crippen molar-refractivity contribution in [3.05, 3.63) is 33.2 Å². The van der Waals surface area contributed by atoms with Crippen molar-refractivity contribution in [3.8, 4) is 10.6 Å². The Hall–Kier alpha value is -0.920. The van der Waals surface area contributed by atoms with Gasteiger partial charge in [-0.2, -0.15) is 0 Å². The second-order valence-corrected chi connectivity index (χ2v) is 5.26. The summed E-state index contributed by atoms with van der Waals surface area (Å²) in [4.78, 5) is 0. The van der Waals surface area contributed by atoms with Crippen LogP contribution in [0.15, 0.2) is 16.6 Å². The molecule has 0 aliphatic heterocycles. The van der Waals surface area contributed by atoms with Crippen molar-refractivity contribution < 1.29 is 8.78 Å². The fraction of sp³-hybridized carbons (Fsp3) is 0.200. The maximum absolute atomic E-state index is 13.6. The fourth-order valence-corrected chi connectivity index (χ4v) is 2.63. The van der Waals surface area contributed by atoms with Crippen molar-refractivity contribution in [2.75, 3.05) is 6.54 Å². The smallest absolute Gasteiger partial charge is 0.153 e. The van der Waals surface area contributed by atoms with Gasteiger partial charge in [0, 0.05) is 10.9 Å². The van der Waals surface area contributed by atoms with Crippen LogP contribution in [0.3, 0.4) is 0 Å². The van der Waals surface area contributed by atoms with Gasteiger partial charge in [-0.1, -0.05) is 27.3 Å². The molecule has 0 aliphatic carbocycles. The number of nitrogens with two attached hydrogens (primary N) is 1. The normalized spacial score (nSPS) is 10.8. The third-order valence-electron chi connectivity index (χ3n) is 2.05. The summed E-state index contributed by atoms with van der Waals surface area (Å²) in [5.74, 6) is -1.32. The van der Waals surface area contributed by atoms with E-state index in [1.807, 2.05) is 0 Å². The maximum atomic E-state index is 13.6. The molecule has 0 bridgehead atoms. The molecule has 1 aromatic heterocycles. The van der Waals surface area contributed by atoms with Gasteiger partial charge >= 0.3 is 0 Å². The van der Waals surface area contributed by atoms with Crippen molar-refractivity contribution in [1.82, 2.24) is 10.2 Å². The van der Waals surface area contributed by atoms with Crippen molar-refractivity contribution in [2.24, 2.45) is 5.73 Å². The van der Waals surface area contributed by atoms with E-state index in [1.54, 1.807) is 0 Å². The molecule has 0 radical (unpaired) electrons. The molecule has 1 heterocycles. The number of hydrogen-bond acceptors (Lipinski definition) is 4. The molecule has 90 valence electrons. The van der Waals surface area contributed by atoms with E-state index in [-0.39, 0.29) is 10.6 Å². The Kier molecular flexibility index (Phi) is 3.80. The highest BCUT2D eigenvalue weighted by Gasteiger charge is 2.17. The molecule has 0 atom stereocenters. The van der Waals surface area contributed by atoms with Gasteiger partial charge < -0.3 is 5.73 Å². The van der Waals surface area contributed by atoms with E-state index in [9.17, 15) is 8.78 Å². The van der Waals surface area contributed by atoms with Crippen LogP contribution in [0.1, 0.15) is 5.01 Å². The predicted molar refractivity (Wildman–Crippen MR) is 65.7 cm³/mol. The minimum Gasteiger partial charge on any atom is -0.330 e. The van der Waals surface area contributed by atoms with Crippen LogP contribution in [0, 0.1) is 11.6 Å². The molecule has 0 fully saturated rings. The number of rotatable bonds is 3. The molecule has 0 aliphatic rings. The Morgan fingerprint density at radius 2 is 1.88 bits per heavy atom. The number of halogens is 3. The first-order valence-corrected chi connectivity index (χ1v) is 6.40. The molecule has 3 nitrogen and oxygen atoms in total. The summed E-state index contributed by atoms with van der Waals surface area (Å²) in [6.45, 7) is 0.430. The highest BCUT2D eigenvalue weighted by molar-refractivity contribution is 9.10. The molecule has 2 N–H and O–H groups in total. The van der Waals surface area contributed by atoms with E-state index in [0.717, 1.165) is 11.3 Å². The maximum Gasteiger partial charge on any atom is 0.153 e. The summed E-state index contributed by atoms with van der Waals surface area (Å²) in [6, 6.07) is 2.39. The summed E-state index contributed by atoms with van der Waals surface area (Å²) in [5.41, 5.74) is 5.23. The van der Waals surface area contributed by atoms with Crippen LogP contribution in [0.25, 0.3) is 10.6 Å². The summed E-state index contributed by atoms with van der Waals surface area (Å²) < 4.78 is 27.6. The molecule has 0 spiro atoms. The minimum atomic E-state index is -0.660. The Bertz CT molecular complexity index is 521. The number of aromatic nitrogens is 2. The summed E-state index contributed by atoms with van der Waals surface area (Å²) in [7, 11) is 0. The standard InChI is InChI=1S/C10H8BrF2N3S/c11-5-3-6(12)9(7(13)4-5)10-16-15-8(17-10)1-2-14/h3-4H,1-2,14H2. The molecule has 0 saturated carbocycles. The molecule has 7 heteroatoms. The SMILES string of the molecule is NCCc1nnc(-c2c(F)cc(Br)cc2F)s1. The molecule has 1 aromatic carbocycles. The fourth-order valence-electron chi connectivity index (χ4n) is 1.33. The van der Waals surface area contributed by atoms with Gasteiger partial charge in [0.25, 0.3) is 0 Å². The Morgan fingerprint density at radius 3 is 2.47 bits per heavy atom. The van der Waals surface area contributed by atoms with Crippen molar-refractivity contribution in [3.63, 3.8) is 0 Å². The van der Waals surface area contributed by atoms with Crippen LogP contribution in [0.5, 0.6) is 0 Å². The Balaban J connectivity index is 2.45.